The molecule has 5 rings (SSSR count). The first kappa shape index (κ1) is 32.3. The number of hydrogen-bond acceptors (Lipinski definition) is 4. The Morgan fingerprint density at radius 2 is 1.68 bits per heavy atom. The predicted molar refractivity (Wildman–Crippen MR) is 180 cm³/mol. The predicted octanol–water partition coefficient (Wildman–Crippen LogP) is 8.30. The van der Waals surface area contributed by atoms with E-state index in [0.29, 0.717) is 24.5 Å². The van der Waals surface area contributed by atoms with Gasteiger partial charge in [-0.15, -0.1) is 0 Å². The molecule has 0 radical (unpaired) electrons. The van der Waals surface area contributed by atoms with E-state index in [4.69, 9.17) is 4.43 Å². The summed E-state index contributed by atoms with van der Waals surface area (Å²) < 4.78 is 7.65. The van der Waals surface area contributed by atoms with Crippen molar-refractivity contribution in [1.29, 1.82) is 0 Å². The minimum Gasteiger partial charge on any atom is -0.515 e. The van der Waals surface area contributed by atoms with E-state index in [2.05, 4.69) is 112 Å². The number of benzene rings is 2. The lowest BCUT2D eigenvalue weighted by atomic mass is 9.49. The highest BCUT2D eigenvalue weighted by molar-refractivity contribution is 6.99. The first-order valence-electron chi connectivity index (χ1n) is 16.2. The summed E-state index contributed by atoms with van der Waals surface area (Å²) in [7, 11) is -2.79. The number of hydrogen-bond donors (Lipinski definition) is 1. The molecule has 0 amide bonds. The van der Waals surface area contributed by atoms with Gasteiger partial charge in [-0.2, -0.15) is 0 Å². The first-order chi connectivity index (χ1) is 20.9. The third-order valence-electron chi connectivity index (χ3n) is 12.0. The van der Waals surface area contributed by atoms with E-state index in [0.717, 1.165) is 31.9 Å². The molecule has 44 heavy (non-hydrogen) atoms. The van der Waals surface area contributed by atoms with Crippen LogP contribution in [0, 0.1) is 34.5 Å². The van der Waals surface area contributed by atoms with Gasteiger partial charge >= 0.3 is 0 Å². The smallest absolute Gasteiger partial charge is 0.261 e. The Labute approximate surface area is 264 Å². The number of allylic oxidation sites excluding steroid dienone is 2. The molecule has 6 nitrogen and oxygen atoms in total. The Morgan fingerprint density at radius 1 is 1.07 bits per heavy atom. The van der Waals surface area contributed by atoms with Crippen LogP contribution in [0.3, 0.4) is 0 Å². The average Bonchev–Trinajstić information content (AvgIpc) is 3.32. The third-order valence-corrected chi connectivity index (χ3v) is 17.0. The van der Waals surface area contributed by atoms with Gasteiger partial charge in [0, 0.05) is 30.1 Å². The quantitative estimate of drug-likeness (QED) is 0.0619. The Morgan fingerprint density at radius 3 is 2.23 bits per heavy atom. The van der Waals surface area contributed by atoms with Gasteiger partial charge in [-0.05, 0) is 87.5 Å². The summed E-state index contributed by atoms with van der Waals surface area (Å²) >= 11 is 0. The van der Waals surface area contributed by atoms with Crippen LogP contribution in [-0.4, -0.2) is 32.4 Å². The maximum Gasteiger partial charge on any atom is 0.261 e. The fourth-order valence-electron chi connectivity index (χ4n) is 9.43. The van der Waals surface area contributed by atoms with Gasteiger partial charge in [0.15, 0.2) is 5.78 Å². The Kier molecular flexibility index (Phi) is 9.05. The van der Waals surface area contributed by atoms with Crippen LogP contribution in [0.25, 0.3) is 10.4 Å². The molecule has 1 N–H and O–H groups in total. The van der Waals surface area contributed by atoms with E-state index in [-0.39, 0.29) is 52.4 Å². The maximum atomic E-state index is 13.0. The summed E-state index contributed by atoms with van der Waals surface area (Å²) in [6.07, 6.45) is 5.93. The van der Waals surface area contributed by atoms with Gasteiger partial charge in [0.05, 0.1) is 6.26 Å². The summed E-state index contributed by atoms with van der Waals surface area (Å²) in [5, 5.41) is 16.5. The molecule has 234 valence electrons. The number of ketones is 1. The standard InChI is InChI=1S/C37H49N3O3Si/c1-26-17-18-32-31(25-43-44(35(2,3)4,29-13-9-7-10-14-29)30-15-11-8-12-16-30)33(19-20-36(26,32)5)37(6)22-27(24-41)34(42)21-28(37)23-39-40-38/h7-16,24,28,31-33,41H,1,17-23,25H2,2-6H3/b27-24+/t28-,31+,32+,33+,36-,37+/m1/s1. The van der Waals surface area contributed by atoms with E-state index in [1.807, 2.05) is 0 Å². The van der Waals surface area contributed by atoms with Crippen LogP contribution in [0.5, 0.6) is 0 Å². The van der Waals surface area contributed by atoms with E-state index in [1.54, 1.807) is 0 Å². The van der Waals surface area contributed by atoms with Gasteiger partial charge in [-0.3, -0.25) is 4.79 Å². The second-order valence-corrected chi connectivity index (χ2v) is 19.3. The second-order valence-electron chi connectivity index (χ2n) is 15.0. The molecule has 3 saturated carbocycles. The molecule has 3 aliphatic rings. The first-order valence-corrected chi connectivity index (χ1v) is 18.1. The second kappa shape index (κ2) is 12.3. The van der Waals surface area contributed by atoms with Crippen molar-refractivity contribution in [2.45, 2.75) is 78.2 Å². The number of fused-ring (bicyclic) bond motifs is 1. The Hall–Kier alpha value is -3.12. The maximum absolute atomic E-state index is 13.0. The lowest BCUT2D eigenvalue weighted by Gasteiger charge is -2.57. The zero-order chi connectivity index (χ0) is 31.8. The van der Waals surface area contributed by atoms with Crippen molar-refractivity contribution in [3.8, 4) is 0 Å². The van der Waals surface area contributed by atoms with Crippen LogP contribution in [0.2, 0.25) is 5.04 Å². The van der Waals surface area contributed by atoms with Crippen molar-refractivity contribution in [2.75, 3.05) is 13.2 Å². The molecule has 0 unspecified atom stereocenters. The number of aliphatic hydroxyl groups is 1. The van der Waals surface area contributed by atoms with Crippen LogP contribution < -0.4 is 10.4 Å². The fraction of sp³-hybridized carbons (Fsp3) is 0.541. The van der Waals surface area contributed by atoms with Gasteiger partial charge in [0.25, 0.3) is 8.32 Å². The lowest BCUT2D eigenvalue weighted by Crippen LogP contribution is -2.67. The zero-order valence-electron chi connectivity index (χ0n) is 27.1. The molecule has 0 aliphatic heterocycles. The van der Waals surface area contributed by atoms with E-state index >= 15 is 0 Å². The van der Waals surface area contributed by atoms with Crippen LogP contribution >= 0.6 is 0 Å². The minimum absolute atomic E-state index is 0.0434. The van der Waals surface area contributed by atoms with Crippen molar-refractivity contribution in [1.82, 2.24) is 0 Å². The molecule has 0 saturated heterocycles. The lowest BCUT2D eigenvalue weighted by molar-refractivity contribution is -0.124. The molecule has 0 aromatic heterocycles. The molecule has 7 heteroatoms. The number of carbonyl (C=O) groups is 1. The Bertz CT molecular complexity index is 1410. The van der Waals surface area contributed by atoms with Gasteiger partial charge in [-0.25, -0.2) is 0 Å². The van der Waals surface area contributed by atoms with Gasteiger partial charge in [0.2, 0.25) is 0 Å². The molecule has 6 atom stereocenters. The number of Topliss-reactive ketones (excluding diaryl/α,β-unsaturated/α-hetero) is 1. The van der Waals surface area contributed by atoms with Crippen LogP contribution in [-0.2, 0) is 9.22 Å². The summed E-state index contributed by atoms with van der Waals surface area (Å²) in [5.41, 5.74) is 10.8. The molecule has 0 bridgehead atoms. The van der Waals surface area contributed by atoms with Gasteiger partial charge in [-0.1, -0.05) is 113 Å². The largest absolute Gasteiger partial charge is 0.515 e. The van der Waals surface area contributed by atoms with Gasteiger partial charge in [0.1, 0.15) is 0 Å². The van der Waals surface area contributed by atoms with Crippen molar-refractivity contribution in [3.63, 3.8) is 0 Å². The van der Waals surface area contributed by atoms with Crippen molar-refractivity contribution in [2.24, 2.45) is 39.6 Å². The van der Waals surface area contributed by atoms with Crippen LogP contribution in [0.1, 0.15) is 73.1 Å². The fourth-order valence-corrected chi connectivity index (χ4v) is 14.0. The highest BCUT2D eigenvalue weighted by Crippen LogP contribution is 2.64. The molecular formula is C37H49N3O3Si. The summed E-state index contributed by atoms with van der Waals surface area (Å²) in [5.74, 6) is 0.720. The zero-order valence-corrected chi connectivity index (χ0v) is 28.1. The average molecular weight is 612 g/mol. The summed E-state index contributed by atoms with van der Waals surface area (Å²) in [6, 6.07) is 21.6. The van der Waals surface area contributed by atoms with Crippen LogP contribution in [0.4, 0.5) is 0 Å². The van der Waals surface area contributed by atoms with E-state index in [1.165, 1.54) is 15.9 Å². The Balaban J connectivity index is 1.63. The monoisotopic (exact) mass is 611 g/mol. The topological polar surface area (TPSA) is 95.3 Å². The number of nitrogens with zero attached hydrogens (tertiary/aromatic N) is 3. The molecular weight excluding hydrogens is 563 g/mol. The van der Waals surface area contributed by atoms with Crippen molar-refractivity contribution in [3.05, 3.63) is 95.1 Å². The SMILES string of the molecule is C=C1CC[C@H]2[C@H](CO[Si](c3ccccc3)(c3ccccc3)C(C)(C)C)[C@@H]([C@@]3(C)C/C(=C\O)C(=O)C[C@@H]3CN=[N+]=[N-])CC[C@]12C. The van der Waals surface area contributed by atoms with Crippen LogP contribution in [0.15, 0.2) is 89.8 Å². The molecule has 3 aliphatic carbocycles. The normalized spacial score (nSPS) is 31.9. The highest BCUT2D eigenvalue weighted by Gasteiger charge is 2.59. The van der Waals surface area contributed by atoms with Crippen molar-refractivity contribution < 1.29 is 14.3 Å². The summed E-state index contributed by atoms with van der Waals surface area (Å²) in [4.78, 5) is 16.1. The third kappa shape index (κ3) is 5.37. The number of carbonyl (C=O) groups excluding carboxylic acids is 1. The summed E-state index contributed by atoms with van der Waals surface area (Å²) in [6.45, 7) is 17.1. The molecule has 3 fully saturated rings. The number of rotatable bonds is 8. The number of azide groups is 1. The highest BCUT2D eigenvalue weighted by atomic mass is 28.4. The molecule has 0 spiro atoms. The minimum atomic E-state index is -2.79. The van der Waals surface area contributed by atoms with Crippen molar-refractivity contribution >= 4 is 24.5 Å². The van der Waals surface area contributed by atoms with E-state index in [9.17, 15) is 15.4 Å². The molecule has 2 aromatic carbocycles. The molecule has 0 heterocycles. The number of aliphatic hydroxyl groups excluding tert-OH is 1. The molecule has 2 aromatic rings. The van der Waals surface area contributed by atoms with E-state index < -0.39 is 8.32 Å². The van der Waals surface area contributed by atoms with Gasteiger partial charge < -0.3 is 9.53 Å².